The van der Waals surface area contributed by atoms with E-state index in [1.807, 2.05) is 40.2 Å². The van der Waals surface area contributed by atoms with Crippen LogP contribution >= 0.6 is 11.3 Å². The van der Waals surface area contributed by atoms with E-state index in [-0.39, 0.29) is 11.7 Å². The van der Waals surface area contributed by atoms with Crippen molar-refractivity contribution < 1.29 is 13.9 Å². The van der Waals surface area contributed by atoms with Crippen LogP contribution in [-0.2, 0) is 11.2 Å². The molecule has 0 saturated carbocycles. The van der Waals surface area contributed by atoms with Crippen LogP contribution in [0.25, 0.3) is 16.2 Å². The van der Waals surface area contributed by atoms with Crippen molar-refractivity contribution in [1.29, 1.82) is 0 Å². The predicted octanol–water partition coefficient (Wildman–Crippen LogP) is 4.78. The molecule has 0 atom stereocenters. The molecule has 1 N–H and O–H groups in total. The van der Waals surface area contributed by atoms with Gasteiger partial charge in [0.1, 0.15) is 11.6 Å². The number of benzene rings is 2. The maximum Gasteiger partial charge on any atom is 0.224 e. The summed E-state index contributed by atoms with van der Waals surface area (Å²) in [5.41, 5.74) is 3.51. The van der Waals surface area contributed by atoms with Gasteiger partial charge < -0.3 is 10.1 Å². The highest BCUT2D eigenvalue weighted by Gasteiger charge is 2.11. The Morgan fingerprint density at radius 3 is 2.64 bits per heavy atom. The van der Waals surface area contributed by atoms with E-state index in [0.29, 0.717) is 18.5 Å². The first-order valence-corrected chi connectivity index (χ1v) is 9.65. The van der Waals surface area contributed by atoms with Gasteiger partial charge in [-0.25, -0.2) is 9.37 Å². The lowest BCUT2D eigenvalue weighted by molar-refractivity contribution is -0.116. The first-order chi connectivity index (χ1) is 13.6. The summed E-state index contributed by atoms with van der Waals surface area (Å²) in [7, 11) is 1.64. The molecule has 4 aromatic rings. The van der Waals surface area contributed by atoms with E-state index in [1.54, 1.807) is 30.6 Å². The summed E-state index contributed by atoms with van der Waals surface area (Å²) >= 11 is 1.55. The van der Waals surface area contributed by atoms with Crippen molar-refractivity contribution in [2.24, 2.45) is 0 Å². The van der Waals surface area contributed by atoms with Crippen LogP contribution in [0.5, 0.6) is 5.75 Å². The SMILES string of the molecule is COc1ccc(-c2cn3c(CCC(=O)Nc4ccc(F)cc4)csc3n2)cc1. The van der Waals surface area contributed by atoms with Gasteiger partial charge in [0, 0.05) is 34.9 Å². The van der Waals surface area contributed by atoms with Gasteiger partial charge in [0.15, 0.2) is 4.96 Å². The maximum absolute atomic E-state index is 12.9. The first-order valence-electron chi connectivity index (χ1n) is 8.78. The third kappa shape index (κ3) is 3.89. The summed E-state index contributed by atoms with van der Waals surface area (Å²) in [6, 6.07) is 13.5. The van der Waals surface area contributed by atoms with Crippen molar-refractivity contribution in [3.05, 3.63) is 71.6 Å². The normalized spacial score (nSPS) is 10.9. The fourth-order valence-corrected chi connectivity index (χ4v) is 3.82. The van der Waals surface area contributed by atoms with E-state index >= 15 is 0 Å². The van der Waals surface area contributed by atoms with E-state index in [4.69, 9.17) is 4.74 Å². The van der Waals surface area contributed by atoms with Crippen LogP contribution < -0.4 is 10.1 Å². The fraction of sp³-hybridized carbons (Fsp3) is 0.143. The number of aromatic nitrogens is 2. The molecule has 1 amide bonds. The molecule has 5 nitrogen and oxygen atoms in total. The van der Waals surface area contributed by atoms with Crippen molar-refractivity contribution >= 4 is 27.9 Å². The van der Waals surface area contributed by atoms with Crippen molar-refractivity contribution in [1.82, 2.24) is 9.38 Å². The van der Waals surface area contributed by atoms with Crippen LogP contribution in [0.3, 0.4) is 0 Å². The second-order valence-electron chi connectivity index (χ2n) is 6.29. The zero-order valence-corrected chi connectivity index (χ0v) is 16.0. The summed E-state index contributed by atoms with van der Waals surface area (Å²) < 4.78 is 20.2. The van der Waals surface area contributed by atoms with Crippen molar-refractivity contribution in [3.8, 4) is 17.0 Å². The number of carbonyl (C=O) groups excluding carboxylic acids is 1. The third-order valence-electron chi connectivity index (χ3n) is 4.41. The lowest BCUT2D eigenvalue weighted by Crippen LogP contribution is -2.12. The Morgan fingerprint density at radius 2 is 1.93 bits per heavy atom. The van der Waals surface area contributed by atoms with Crippen molar-refractivity contribution in [2.75, 3.05) is 12.4 Å². The van der Waals surface area contributed by atoms with Gasteiger partial charge in [-0.05, 0) is 55.0 Å². The molecule has 2 heterocycles. The van der Waals surface area contributed by atoms with Crippen LogP contribution in [0.2, 0.25) is 0 Å². The van der Waals surface area contributed by atoms with Gasteiger partial charge in [-0.3, -0.25) is 9.20 Å². The summed E-state index contributed by atoms with van der Waals surface area (Å²) in [4.78, 5) is 17.7. The fourth-order valence-electron chi connectivity index (χ4n) is 2.91. The highest BCUT2D eigenvalue weighted by atomic mass is 32.1. The topological polar surface area (TPSA) is 55.6 Å². The number of aryl methyl sites for hydroxylation is 1. The molecule has 7 heteroatoms. The van der Waals surface area contributed by atoms with Gasteiger partial charge in [-0.2, -0.15) is 0 Å². The number of carbonyl (C=O) groups is 1. The summed E-state index contributed by atoms with van der Waals surface area (Å²) in [5, 5.41) is 4.80. The number of amides is 1. The Bertz CT molecular complexity index is 1100. The largest absolute Gasteiger partial charge is 0.497 e. The van der Waals surface area contributed by atoms with Gasteiger partial charge in [-0.1, -0.05) is 0 Å². The Hall–Kier alpha value is -3.19. The molecule has 0 aliphatic carbocycles. The minimum atomic E-state index is -0.327. The number of hydrogen-bond donors (Lipinski definition) is 1. The predicted molar refractivity (Wildman–Crippen MR) is 108 cm³/mol. The van der Waals surface area contributed by atoms with E-state index < -0.39 is 0 Å². The first kappa shape index (κ1) is 18.2. The number of rotatable bonds is 6. The summed E-state index contributed by atoms with van der Waals surface area (Å²) in [6.07, 6.45) is 2.91. The molecule has 0 saturated heterocycles. The molecule has 0 aliphatic rings. The van der Waals surface area contributed by atoms with Gasteiger partial charge in [0.2, 0.25) is 5.91 Å². The zero-order valence-electron chi connectivity index (χ0n) is 15.2. The Kier molecular flexibility index (Phi) is 5.08. The summed E-state index contributed by atoms with van der Waals surface area (Å²) in [5.74, 6) is 0.366. The third-order valence-corrected chi connectivity index (χ3v) is 5.29. The van der Waals surface area contributed by atoms with Crippen LogP contribution in [0.4, 0.5) is 10.1 Å². The number of ether oxygens (including phenoxy) is 1. The highest BCUT2D eigenvalue weighted by molar-refractivity contribution is 7.15. The Morgan fingerprint density at radius 1 is 1.18 bits per heavy atom. The number of hydrogen-bond acceptors (Lipinski definition) is 4. The molecule has 0 unspecified atom stereocenters. The number of anilines is 1. The van der Waals surface area contributed by atoms with E-state index in [9.17, 15) is 9.18 Å². The number of thiazole rings is 1. The van der Waals surface area contributed by atoms with Gasteiger partial charge in [0.25, 0.3) is 0 Å². The van der Waals surface area contributed by atoms with Crippen molar-refractivity contribution in [2.45, 2.75) is 12.8 Å². The molecule has 142 valence electrons. The molecule has 0 spiro atoms. The number of methoxy groups -OCH3 is 1. The number of nitrogens with zero attached hydrogens (tertiary/aromatic N) is 2. The lowest BCUT2D eigenvalue weighted by atomic mass is 10.1. The number of nitrogens with one attached hydrogen (secondary N) is 1. The minimum Gasteiger partial charge on any atom is -0.497 e. The number of imidazole rings is 1. The van der Waals surface area contributed by atoms with E-state index in [1.165, 1.54) is 12.1 Å². The van der Waals surface area contributed by atoms with Crippen LogP contribution in [0.15, 0.2) is 60.1 Å². The second-order valence-corrected chi connectivity index (χ2v) is 7.13. The molecule has 0 fully saturated rings. The minimum absolute atomic E-state index is 0.110. The standard InChI is InChI=1S/C21H18FN3O2S/c1-27-18-9-2-14(3-10-18)19-12-25-17(13-28-21(25)24-19)8-11-20(26)23-16-6-4-15(22)5-7-16/h2-7,9-10,12-13H,8,11H2,1H3,(H,23,26). The lowest BCUT2D eigenvalue weighted by Gasteiger charge is -2.05. The molecular formula is C21H18FN3O2S. The van der Waals surface area contributed by atoms with E-state index in [2.05, 4.69) is 10.3 Å². The zero-order chi connectivity index (χ0) is 19.5. The van der Waals surface area contributed by atoms with E-state index in [0.717, 1.165) is 27.7 Å². The quantitative estimate of drug-likeness (QED) is 0.511. The van der Waals surface area contributed by atoms with Crippen LogP contribution in [0.1, 0.15) is 12.1 Å². The van der Waals surface area contributed by atoms with Crippen molar-refractivity contribution in [3.63, 3.8) is 0 Å². The summed E-state index contributed by atoms with van der Waals surface area (Å²) in [6.45, 7) is 0. The van der Waals surface area contributed by atoms with Crippen LogP contribution in [0, 0.1) is 5.82 Å². The highest BCUT2D eigenvalue weighted by Crippen LogP contribution is 2.26. The number of halogens is 1. The molecule has 28 heavy (non-hydrogen) atoms. The monoisotopic (exact) mass is 395 g/mol. The Balaban J connectivity index is 1.44. The molecule has 2 aromatic carbocycles. The smallest absolute Gasteiger partial charge is 0.224 e. The molecular weight excluding hydrogens is 377 g/mol. The maximum atomic E-state index is 12.9. The Labute approximate surface area is 165 Å². The second kappa shape index (κ2) is 7.82. The molecule has 4 rings (SSSR count). The molecule has 0 aliphatic heterocycles. The van der Waals surface area contributed by atoms with Gasteiger partial charge in [-0.15, -0.1) is 11.3 Å². The van der Waals surface area contributed by atoms with Gasteiger partial charge in [0.05, 0.1) is 12.8 Å². The van der Waals surface area contributed by atoms with Crippen LogP contribution in [-0.4, -0.2) is 22.4 Å². The average molecular weight is 395 g/mol. The molecule has 0 bridgehead atoms. The molecule has 0 radical (unpaired) electrons. The average Bonchev–Trinajstić information content (AvgIpc) is 3.29. The number of fused-ring (bicyclic) bond motifs is 1. The molecule has 2 aromatic heterocycles. The van der Waals surface area contributed by atoms with Gasteiger partial charge >= 0.3 is 0 Å².